The van der Waals surface area contributed by atoms with Crippen LogP contribution in [-0.4, -0.2) is 80.3 Å². The molecule has 1 aliphatic heterocycles. The fraction of sp³-hybridized carbons (Fsp3) is 0.636. The summed E-state index contributed by atoms with van der Waals surface area (Å²) >= 11 is 0. The number of likely N-dealkylation sites (N-methyl/N-ethyl adjacent to an activating group) is 2. The van der Waals surface area contributed by atoms with Gasteiger partial charge in [0.05, 0.1) is 5.39 Å². The van der Waals surface area contributed by atoms with E-state index in [2.05, 4.69) is 58.8 Å². The lowest BCUT2D eigenvalue weighted by molar-refractivity contribution is 0.386. The number of aryl methyl sites for hydroxylation is 1. The topological polar surface area (TPSA) is 56.6 Å². The minimum Gasteiger partial charge on any atom is -0.370 e. The molecule has 1 fully saturated rings. The maximum Gasteiger partial charge on any atom is 0.193 e. The Morgan fingerprint density at radius 2 is 1.72 bits per heavy atom. The van der Waals surface area contributed by atoms with Crippen molar-refractivity contribution in [3.63, 3.8) is 0 Å². The van der Waals surface area contributed by atoms with Crippen LogP contribution in [0.5, 0.6) is 0 Å². The molecule has 1 N–H and O–H groups in total. The molecular formula is C22H36N6O. The summed E-state index contributed by atoms with van der Waals surface area (Å²) in [5.41, 5.74) is 1.86. The second kappa shape index (κ2) is 9.59. The summed E-state index contributed by atoms with van der Waals surface area (Å²) in [7, 11) is 8.25. The Bertz CT molecular complexity index is 883. The molecule has 0 amide bonds. The number of pyridine rings is 2. The molecule has 0 radical (unpaired) electrons. The van der Waals surface area contributed by atoms with E-state index in [9.17, 15) is 4.79 Å². The number of hydrogen-bond acceptors (Lipinski definition) is 6. The monoisotopic (exact) mass is 400 g/mol. The molecule has 160 valence electrons. The van der Waals surface area contributed by atoms with Gasteiger partial charge >= 0.3 is 0 Å². The number of piperidine rings is 1. The van der Waals surface area contributed by atoms with Gasteiger partial charge in [0.15, 0.2) is 5.43 Å². The third-order valence-corrected chi connectivity index (χ3v) is 5.56. The Labute approximate surface area is 174 Å². The maximum absolute atomic E-state index is 13.0. The SMILES string of the molecule is Cc1cc(N2CCCCC2)nc2c1c(=O)cc(NCCN(C)C)n2CCN(C)C. The smallest absolute Gasteiger partial charge is 0.193 e. The van der Waals surface area contributed by atoms with Crippen molar-refractivity contribution in [3.8, 4) is 0 Å². The van der Waals surface area contributed by atoms with Crippen molar-refractivity contribution in [3.05, 3.63) is 27.9 Å². The molecular weight excluding hydrogens is 364 g/mol. The van der Waals surface area contributed by atoms with Gasteiger partial charge in [-0.15, -0.1) is 0 Å². The molecule has 0 aliphatic carbocycles. The molecule has 3 rings (SSSR count). The van der Waals surface area contributed by atoms with Crippen LogP contribution >= 0.6 is 0 Å². The Kier molecular flexibility index (Phi) is 7.14. The summed E-state index contributed by atoms with van der Waals surface area (Å²) in [4.78, 5) is 24.6. The summed E-state index contributed by atoms with van der Waals surface area (Å²) in [6.45, 7) is 7.47. The lowest BCUT2D eigenvalue weighted by atomic mass is 10.1. The standard InChI is InChI=1S/C22H36N6O/c1-17-15-20(27-10-7-6-8-11-27)24-22-21(17)18(29)16-19(23-9-12-25(2)3)28(22)14-13-26(4)5/h15-16,23H,6-14H2,1-5H3. The van der Waals surface area contributed by atoms with E-state index >= 15 is 0 Å². The zero-order valence-corrected chi connectivity index (χ0v) is 18.7. The van der Waals surface area contributed by atoms with Gasteiger partial charge in [0.1, 0.15) is 17.3 Å². The molecule has 0 bridgehead atoms. The maximum atomic E-state index is 13.0. The highest BCUT2D eigenvalue weighted by atomic mass is 16.1. The largest absolute Gasteiger partial charge is 0.370 e. The van der Waals surface area contributed by atoms with E-state index in [-0.39, 0.29) is 5.43 Å². The first-order chi connectivity index (χ1) is 13.9. The molecule has 0 atom stereocenters. The van der Waals surface area contributed by atoms with E-state index in [1.165, 1.54) is 19.3 Å². The highest BCUT2D eigenvalue weighted by Crippen LogP contribution is 2.25. The van der Waals surface area contributed by atoms with Crippen molar-refractivity contribution < 1.29 is 0 Å². The number of rotatable bonds is 8. The van der Waals surface area contributed by atoms with Gasteiger partial charge in [0.2, 0.25) is 0 Å². The molecule has 29 heavy (non-hydrogen) atoms. The first-order valence-corrected chi connectivity index (χ1v) is 10.7. The molecule has 1 aliphatic rings. The number of hydrogen-bond donors (Lipinski definition) is 1. The van der Waals surface area contributed by atoms with Gasteiger partial charge in [-0.1, -0.05) is 0 Å². The second-order valence-electron chi connectivity index (χ2n) is 8.62. The van der Waals surface area contributed by atoms with Crippen LogP contribution in [0.15, 0.2) is 16.9 Å². The molecule has 7 heteroatoms. The normalized spacial score (nSPS) is 14.9. The summed E-state index contributed by atoms with van der Waals surface area (Å²) in [5, 5.41) is 4.21. The second-order valence-corrected chi connectivity index (χ2v) is 8.62. The molecule has 2 aromatic heterocycles. The minimum atomic E-state index is 0.0450. The van der Waals surface area contributed by atoms with Crippen LogP contribution in [0.25, 0.3) is 11.0 Å². The number of nitrogens with one attached hydrogen (secondary N) is 1. The van der Waals surface area contributed by atoms with Gasteiger partial charge in [-0.25, -0.2) is 4.98 Å². The van der Waals surface area contributed by atoms with E-state index in [4.69, 9.17) is 4.98 Å². The van der Waals surface area contributed by atoms with Crippen molar-refractivity contribution >= 4 is 22.7 Å². The van der Waals surface area contributed by atoms with Crippen LogP contribution in [-0.2, 0) is 6.54 Å². The highest BCUT2D eigenvalue weighted by molar-refractivity contribution is 5.83. The highest BCUT2D eigenvalue weighted by Gasteiger charge is 2.18. The third kappa shape index (κ3) is 5.28. The average Bonchev–Trinajstić information content (AvgIpc) is 2.67. The summed E-state index contributed by atoms with van der Waals surface area (Å²) < 4.78 is 2.19. The zero-order chi connectivity index (χ0) is 21.0. The van der Waals surface area contributed by atoms with Crippen LogP contribution < -0.4 is 15.6 Å². The molecule has 0 saturated carbocycles. The Hall–Kier alpha value is -2.12. The van der Waals surface area contributed by atoms with Crippen molar-refractivity contribution in [1.29, 1.82) is 0 Å². The fourth-order valence-electron chi connectivity index (χ4n) is 3.89. The predicted octanol–water partition coefficient (Wildman–Crippen LogP) is 2.23. The first-order valence-electron chi connectivity index (χ1n) is 10.7. The van der Waals surface area contributed by atoms with E-state index in [1.54, 1.807) is 6.07 Å². The zero-order valence-electron chi connectivity index (χ0n) is 18.7. The van der Waals surface area contributed by atoms with Crippen LogP contribution in [0.1, 0.15) is 24.8 Å². The molecule has 3 heterocycles. The van der Waals surface area contributed by atoms with Crippen molar-refractivity contribution in [2.45, 2.75) is 32.7 Å². The molecule has 7 nitrogen and oxygen atoms in total. The van der Waals surface area contributed by atoms with E-state index < -0.39 is 0 Å². The molecule has 0 aromatic carbocycles. The van der Waals surface area contributed by atoms with Crippen molar-refractivity contribution in [2.24, 2.45) is 0 Å². The Morgan fingerprint density at radius 3 is 2.38 bits per heavy atom. The van der Waals surface area contributed by atoms with Gasteiger partial charge in [-0.2, -0.15) is 0 Å². The minimum absolute atomic E-state index is 0.0450. The van der Waals surface area contributed by atoms with Gasteiger partial charge in [0.25, 0.3) is 0 Å². The predicted molar refractivity (Wildman–Crippen MR) is 122 cm³/mol. The van der Waals surface area contributed by atoms with Crippen LogP contribution in [0.2, 0.25) is 0 Å². The summed E-state index contributed by atoms with van der Waals surface area (Å²) in [5.74, 6) is 1.85. The summed E-state index contributed by atoms with van der Waals surface area (Å²) in [6, 6.07) is 3.83. The number of nitrogens with zero attached hydrogens (tertiary/aromatic N) is 5. The Balaban J connectivity index is 2.08. The van der Waals surface area contributed by atoms with Crippen molar-refractivity contribution in [1.82, 2.24) is 19.4 Å². The lowest BCUT2D eigenvalue weighted by Crippen LogP contribution is -2.31. The van der Waals surface area contributed by atoms with E-state index in [1.807, 2.05) is 6.92 Å². The average molecular weight is 401 g/mol. The number of fused-ring (bicyclic) bond motifs is 1. The van der Waals surface area contributed by atoms with Crippen LogP contribution in [0.3, 0.4) is 0 Å². The van der Waals surface area contributed by atoms with Gasteiger partial charge in [0, 0.05) is 45.3 Å². The first kappa shape index (κ1) is 21.6. The Morgan fingerprint density at radius 1 is 1.03 bits per heavy atom. The molecule has 0 spiro atoms. The molecule has 1 saturated heterocycles. The number of aromatic nitrogens is 2. The molecule has 2 aromatic rings. The van der Waals surface area contributed by atoms with Gasteiger partial charge in [-0.05, 0) is 66.0 Å². The van der Waals surface area contributed by atoms with E-state index in [0.29, 0.717) is 0 Å². The van der Waals surface area contributed by atoms with E-state index in [0.717, 1.165) is 67.5 Å². The lowest BCUT2D eigenvalue weighted by Gasteiger charge is -2.29. The number of anilines is 2. The quantitative estimate of drug-likeness (QED) is 0.733. The fourth-order valence-corrected chi connectivity index (χ4v) is 3.89. The summed E-state index contributed by atoms with van der Waals surface area (Å²) in [6.07, 6.45) is 3.70. The van der Waals surface area contributed by atoms with Crippen molar-refractivity contribution in [2.75, 3.05) is 71.1 Å². The van der Waals surface area contributed by atoms with Crippen LogP contribution in [0.4, 0.5) is 11.6 Å². The molecule has 0 unspecified atom stereocenters. The van der Waals surface area contributed by atoms with Crippen LogP contribution in [0, 0.1) is 6.92 Å². The third-order valence-electron chi connectivity index (χ3n) is 5.56. The van der Waals surface area contributed by atoms with Gasteiger partial charge < -0.3 is 24.6 Å². The van der Waals surface area contributed by atoms with Gasteiger partial charge in [-0.3, -0.25) is 4.79 Å².